The number of aliphatic carboxylic acids is 1. The van der Waals surface area contributed by atoms with Crippen molar-refractivity contribution in [2.45, 2.75) is 59.4 Å². The molecule has 3 N–H and O–H groups in total. The maximum Gasteiger partial charge on any atom is 0.407 e. The molecule has 2 aromatic carbocycles. The summed E-state index contributed by atoms with van der Waals surface area (Å²) in [6, 6.07) is 15.2. The minimum absolute atomic E-state index is 0.0540. The first-order valence-corrected chi connectivity index (χ1v) is 12.2. The van der Waals surface area contributed by atoms with E-state index in [1.54, 1.807) is 20.8 Å². The van der Waals surface area contributed by atoms with Crippen LogP contribution in [0.4, 0.5) is 4.79 Å². The molecule has 0 unspecified atom stereocenters. The first kappa shape index (κ1) is 26.3. The second kappa shape index (κ2) is 10.5. The van der Waals surface area contributed by atoms with Crippen LogP contribution in [0.25, 0.3) is 11.1 Å². The number of ether oxygens (including phenoxy) is 1. The smallest absolute Gasteiger partial charge is 0.407 e. The van der Waals surface area contributed by atoms with Gasteiger partial charge in [0, 0.05) is 12.5 Å². The molecule has 0 heterocycles. The lowest BCUT2D eigenvalue weighted by atomic mass is 9.79. The van der Waals surface area contributed by atoms with Crippen LogP contribution in [0.2, 0.25) is 0 Å². The van der Waals surface area contributed by atoms with Crippen molar-refractivity contribution in [2.75, 3.05) is 13.2 Å². The maximum atomic E-state index is 13.2. The third kappa shape index (κ3) is 5.50. The van der Waals surface area contributed by atoms with Gasteiger partial charge in [0.25, 0.3) is 0 Å². The molecule has 0 saturated carbocycles. The minimum Gasteiger partial charge on any atom is -0.480 e. The van der Waals surface area contributed by atoms with E-state index in [-0.39, 0.29) is 25.0 Å². The highest BCUT2D eigenvalue weighted by Gasteiger charge is 2.41. The number of alkyl carbamates (subject to hydrolysis) is 1. The molecular formula is C28H36N2O5. The average molecular weight is 481 g/mol. The van der Waals surface area contributed by atoms with Gasteiger partial charge >= 0.3 is 12.1 Å². The van der Waals surface area contributed by atoms with Crippen molar-refractivity contribution < 1.29 is 24.2 Å². The highest BCUT2D eigenvalue weighted by atomic mass is 16.5. The Hall–Kier alpha value is -3.35. The van der Waals surface area contributed by atoms with Crippen molar-refractivity contribution in [3.05, 3.63) is 59.7 Å². The Morgan fingerprint density at radius 1 is 0.943 bits per heavy atom. The molecule has 1 atom stereocenters. The second-order valence-electron chi connectivity index (χ2n) is 10.3. The number of fused-ring (bicyclic) bond motifs is 3. The third-order valence-corrected chi connectivity index (χ3v) is 7.14. The monoisotopic (exact) mass is 480 g/mol. The lowest BCUT2D eigenvalue weighted by Crippen LogP contribution is -2.56. The largest absolute Gasteiger partial charge is 0.480 e. The van der Waals surface area contributed by atoms with Crippen LogP contribution in [0.5, 0.6) is 0 Å². The molecule has 3 rings (SSSR count). The first-order valence-electron chi connectivity index (χ1n) is 12.2. The number of carbonyl (C=O) groups excluding carboxylic acids is 2. The van der Waals surface area contributed by atoms with Crippen LogP contribution in [0.1, 0.15) is 64.5 Å². The number of hydrogen-bond donors (Lipinski definition) is 3. The summed E-state index contributed by atoms with van der Waals surface area (Å²) >= 11 is 0. The van der Waals surface area contributed by atoms with E-state index in [9.17, 15) is 19.5 Å². The van der Waals surface area contributed by atoms with Crippen LogP contribution in [-0.4, -0.2) is 42.3 Å². The number of nitrogens with one attached hydrogen (secondary N) is 2. The van der Waals surface area contributed by atoms with Gasteiger partial charge in [0.2, 0.25) is 5.91 Å². The maximum absolute atomic E-state index is 13.2. The van der Waals surface area contributed by atoms with E-state index in [4.69, 9.17) is 4.74 Å². The summed E-state index contributed by atoms with van der Waals surface area (Å²) in [6.07, 6.45) is 0.279. The Labute approximate surface area is 207 Å². The van der Waals surface area contributed by atoms with Crippen molar-refractivity contribution in [1.82, 2.24) is 10.6 Å². The van der Waals surface area contributed by atoms with E-state index < -0.39 is 28.9 Å². The number of benzene rings is 2. The highest BCUT2D eigenvalue weighted by molar-refractivity contribution is 5.88. The third-order valence-electron chi connectivity index (χ3n) is 7.14. The number of amides is 2. The average Bonchev–Trinajstić information content (AvgIpc) is 3.15. The van der Waals surface area contributed by atoms with Gasteiger partial charge in [0.15, 0.2) is 0 Å². The topological polar surface area (TPSA) is 105 Å². The molecule has 188 valence electrons. The van der Waals surface area contributed by atoms with Crippen molar-refractivity contribution in [3.63, 3.8) is 0 Å². The molecule has 0 aromatic heterocycles. The predicted molar refractivity (Wildman–Crippen MR) is 135 cm³/mol. The van der Waals surface area contributed by atoms with Crippen molar-refractivity contribution >= 4 is 18.0 Å². The molecule has 0 fully saturated rings. The summed E-state index contributed by atoms with van der Waals surface area (Å²) in [6.45, 7) is 9.24. The number of carboxylic acid groups (broad SMARTS) is 1. The van der Waals surface area contributed by atoms with Crippen LogP contribution in [0.15, 0.2) is 48.5 Å². The molecule has 2 amide bonds. The summed E-state index contributed by atoms with van der Waals surface area (Å²) in [7, 11) is 0. The van der Waals surface area contributed by atoms with E-state index in [1.807, 2.05) is 38.1 Å². The van der Waals surface area contributed by atoms with Gasteiger partial charge in [-0.2, -0.15) is 0 Å². The summed E-state index contributed by atoms with van der Waals surface area (Å²) in [5, 5.41) is 15.0. The van der Waals surface area contributed by atoms with Crippen LogP contribution >= 0.6 is 0 Å². The molecule has 0 spiro atoms. The summed E-state index contributed by atoms with van der Waals surface area (Å²) in [5.41, 5.74) is 2.95. The van der Waals surface area contributed by atoms with Crippen LogP contribution in [0.3, 0.4) is 0 Å². The van der Waals surface area contributed by atoms with Gasteiger partial charge in [0.05, 0.1) is 5.41 Å². The number of hydrogen-bond acceptors (Lipinski definition) is 4. The van der Waals surface area contributed by atoms with Crippen LogP contribution in [-0.2, 0) is 14.3 Å². The molecular weight excluding hydrogens is 444 g/mol. The Morgan fingerprint density at radius 3 is 1.91 bits per heavy atom. The lowest BCUT2D eigenvalue weighted by molar-refractivity contribution is -0.147. The van der Waals surface area contributed by atoms with Gasteiger partial charge < -0.3 is 20.5 Å². The SMILES string of the molecule is CCC(CC)(CNC(=O)OCC1c2ccccc2-c2ccccc21)C(=O)N[C@H](C(=O)O)C(C)(C)C. The normalized spacial score (nSPS) is 14.0. The number of carbonyl (C=O) groups is 3. The molecule has 0 saturated heterocycles. The molecule has 7 heteroatoms. The Bertz CT molecular complexity index is 1040. The fourth-order valence-electron chi connectivity index (χ4n) is 4.73. The minimum atomic E-state index is -1.09. The second-order valence-corrected chi connectivity index (χ2v) is 10.3. The van der Waals surface area contributed by atoms with Crippen LogP contribution in [0, 0.1) is 10.8 Å². The van der Waals surface area contributed by atoms with E-state index in [2.05, 4.69) is 34.9 Å². The zero-order chi connectivity index (χ0) is 25.8. The Balaban J connectivity index is 1.65. The molecule has 0 bridgehead atoms. The fraction of sp³-hybridized carbons (Fsp3) is 0.464. The first-order chi connectivity index (χ1) is 16.5. The van der Waals surface area contributed by atoms with Gasteiger partial charge in [0.1, 0.15) is 12.6 Å². The lowest BCUT2D eigenvalue weighted by Gasteiger charge is -2.35. The van der Waals surface area contributed by atoms with E-state index in [0.717, 1.165) is 22.3 Å². The molecule has 0 aliphatic heterocycles. The van der Waals surface area contributed by atoms with Crippen molar-refractivity contribution in [3.8, 4) is 11.1 Å². The molecule has 1 aliphatic carbocycles. The quantitative estimate of drug-likeness (QED) is 0.471. The summed E-state index contributed by atoms with van der Waals surface area (Å²) < 4.78 is 5.60. The van der Waals surface area contributed by atoms with E-state index in [0.29, 0.717) is 12.8 Å². The standard InChI is InChI=1S/C28H36N2O5/c1-6-28(7-2,25(33)30-23(24(31)32)27(3,4)5)17-29-26(34)35-16-22-20-14-10-8-12-18(20)19-13-9-11-15-21(19)22/h8-15,22-23H,6-7,16-17H2,1-5H3,(H,29,34)(H,30,33)(H,31,32)/t23-/m1/s1. The zero-order valence-corrected chi connectivity index (χ0v) is 21.2. The molecule has 1 aliphatic rings. The van der Waals surface area contributed by atoms with Gasteiger partial charge in [-0.3, -0.25) is 4.79 Å². The summed E-state index contributed by atoms with van der Waals surface area (Å²) in [4.78, 5) is 37.6. The van der Waals surface area contributed by atoms with Gasteiger partial charge in [-0.15, -0.1) is 0 Å². The molecule has 2 aromatic rings. The fourth-order valence-corrected chi connectivity index (χ4v) is 4.73. The molecule has 0 radical (unpaired) electrons. The van der Waals surface area contributed by atoms with Gasteiger partial charge in [-0.1, -0.05) is 83.1 Å². The van der Waals surface area contributed by atoms with Crippen molar-refractivity contribution in [2.24, 2.45) is 10.8 Å². The highest BCUT2D eigenvalue weighted by Crippen LogP contribution is 2.44. The molecule has 35 heavy (non-hydrogen) atoms. The van der Waals surface area contributed by atoms with E-state index in [1.165, 1.54) is 0 Å². The van der Waals surface area contributed by atoms with Crippen molar-refractivity contribution in [1.29, 1.82) is 0 Å². The number of carboxylic acids is 1. The Kier molecular flexibility index (Phi) is 7.88. The van der Waals surface area contributed by atoms with Gasteiger partial charge in [-0.05, 0) is 40.5 Å². The van der Waals surface area contributed by atoms with Crippen LogP contribution < -0.4 is 10.6 Å². The van der Waals surface area contributed by atoms with E-state index >= 15 is 0 Å². The zero-order valence-electron chi connectivity index (χ0n) is 21.2. The van der Waals surface area contributed by atoms with Gasteiger partial charge in [-0.25, -0.2) is 9.59 Å². The predicted octanol–water partition coefficient (Wildman–Crippen LogP) is 4.95. The number of rotatable bonds is 9. The molecule has 7 nitrogen and oxygen atoms in total. The summed E-state index contributed by atoms with van der Waals surface area (Å²) in [5.74, 6) is -1.53. The Morgan fingerprint density at radius 2 is 1.46 bits per heavy atom.